The first kappa shape index (κ1) is 13.1. The lowest BCUT2D eigenvalue weighted by atomic mass is 10.0. The zero-order chi connectivity index (χ0) is 13.1. The molecule has 1 aliphatic heterocycles. The number of ether oxygens (including phenoxy) is 1. The van der Waals surface area contributed by atoms with Crippen LogP contribution in [0.25, 0.3) is 0 Å². The summed E-state index contributed by atoms with van der Waals surface area (Å²) in [5.74, 6) is 0.449. The molecule has 0 aliphatic carbocycles. The predicted octanol–water partition coefficient (Wildman–Crippen LogP) is 1.80. The maximum atomic E-state index is 12.2. The van der Waals surface area contributed by atoms with E-state index >= 15 is 0 Å². The predicted molar refractivity (Wildman–Crippen MR) is 70.9 cm³/mol. The van der Waals surface area contributed by atoms with Gasteiger partial charge >= 0.3 is 0 Å². The molecule has 0 radical (unpaired) electrons. The molecule has 2 atom stereocenters. The SMILES string of the molecule is CC1CC(Nc2nccn(C(C)C)c2=O)CCO1. The van der Waals surface area contributed by atoms with Gasteiger partial charge in [-0.3, -0.25) is 4.79 Å². The summed E-state index contributed by atoms with van der Waals surface area (Å²) in [6.07, 6.45) is 5.48. The van der Waals surface area contributed by atoms with E-state index in [1.807, 2.05) is 13.8 Å². The van der Waals surface area contributed by atoms with Crippen molar-refractivity contribution in [1.82, 2.24) is 9.55 Å². The molecule has 1 fully saturated rings. The van der Waals surface area contributed by atoms with Gasteiger partial charge in [-0.2, -0.15) is 0 Å². The summed E-state index contributed by atoms with van der Waals surface area (Å²) in [4.78, 5) is 16.3. The van der Waals surface area contributed by atoms with E-state index in [4.69, 9.17) is 4.74 Å². The van der Waals surface area contributed by atoms with Gasteiger partial charge in [-0.25, -0.2) is 4.98 Å². The van der Waals surface area contributed by atoms with Crippen LogP contribution in [0.15, 0.2) is 17.2 Å². The molecular formula is C13H21N3O2. The molecule has 18 heavy (non-hydrogen) atoms. The van der Waals surface area contributed by atoms with Crippen LogP contribution in [0.4, 0.5) is 5.82 Å². The highest BCUT2D eigenvalue weighted by Gasteiger charge is 2.20. The van der Waals surface area contributed by atoms with E-state index in [1.54, 1.807) is 17.0 Å². The number of nitrogens with one attached hydrogen (secondary N) is 1. The molecule has 1 saturated heterocycles. The Bertz CT molecular complexity index is 456. The number of anilines is 1. The van der Waals surface area contributed by atoms with Crippen molar-refractivity contribution in [3.63, 3.8) is 0 Å². The molecule has 1 aromatic rings. The summed E-state index contributed by atoms with van der Waals surface area (Å²) in [5, 5.41) is 3.25. The van der Waals surface area contributed by atoms with Crippen LogP contribution in [-0.2, 0) is 4.74 Å². The van der Waals surface area contributed by atoms with Gasteiger partial charge in [-0.1, -0.05) is 0 Å². The zero-order valence-corrected chi connectivity index (χ0v) is 11.2. The minimum Gasteiger partial charge on any atom is -0.378 e. The summed E-state index contributed by atoms with van der Waals surface area (Å²) in [5.41, 5.74) is -0.0494. The van der Waals surface area contributed by atoms with Crippen molar-refractivity contribution in [3.05, 3.63) is 22.7 Å². The fraction of sp³-hybridized carbons (Fsp3) is 0.692. The van der Waals surface area contributed by atoms with Crippen LogP contribution < -0.4 is 10.9 Å². The Morgan fingerprint density at radius 2 is 2.33 bits per heavy atom. The molecule has 100 valence electrons. The van der Waals surface area contributed by atoms with Crippen molar-refractivity contribution in [2.24, 2.45) is 0 Å². The molecule has 2 heterocycles. The number of nitrogens with zero attached hydrogens (tertiary/aromatic N) is 2. The van der Waals surface area contributed by atoms with Gasteiger partial charge in [0.15, 0.2) is 5.82 Å². The van der Waals surface area contributed by atoms with Crippen molar-refractivity contribution >= 4 is 5.82 Å². The van der Waals surface area contributed by atoms with E-state index in [2.05, 4.69) is 17.2 Å². The van der Waals surface area contributed by atoms with Crippen molar-refractivity contribution < 1.29 is 4.74 Å². The molecule has 2 unspecified atom stereocenters. The average Bonchev–Trinajstić information content (AvgIpc) is 2.31. The molecule has 5 heteroatoms. The average molecular weight is 251 g/mol. The minimum absolute atomic E-state index is 0.0494. The topological polar surface area (TPSA) is 56.2 Å². The van der Waals surface area contributed by atoms with Crippen molar-refractivity contribution in [1.29, 1.82) is 0 Å². The lowest BCUT2D eigenvalue weighted by Crippen LogP contribution is -2.36. The Kier molecular flexibility index (Phi) is 4.01. The fourth-order valence-electron chi connectivity index (χ4n) is 2.25. The Hall–Kier alpha value is -1.36. The van der Waals surface area contributed by atoms with Crippen LogP contribution >= 0.6 is 0 Å². The minimum atomic E-state index is -0.0494. The third-order valence-electron chi connectivity index (χ3n) is 3.25. The largest absolute Gasteiger partial charge is 0.378 e. The van der Waals surface area contributed by atoms with Crippen molar-refractivity contribution in [3.8, 4) is 0 Å². The lowest BCUT2D eigenvalue weighted by molar-refractivity contribution is 0.0231. The Labute approximate surface area is 107 Å². The van der Waals surface area contributed by atoms with Gasteiger partial charge in [-0.05, 0) is 33.6 Å². The molecular weight excluding hydrogens is 230 g/mol. The van der Waals surface area contributed by atoms with Gasteiger partial charge < -0.3 is 14.6 Å². The van der Waals surface area contributed by atoms with Gasteiger partial charge in [0.1, 0.15) is 0 Å². The van der Waals surface area contributed by atoms with Crippen molar-refractivity contribution in [2.75, 3.05) is 11.9 Å². The molecule has 0 saturated carbocycles. The van der Waals surface area contributed by atoms with Crippen LogP contribution in [0.2, 0.25) is 0 Å². The first-order chi connectivity index (χ1) is 8.58. The standard InChI is InChI=1S/C13H21N3O2/c1-9(2)16-6-5-14-12(13(16)17)15-11-4-7-18-10(3)8-11/h5-6,9-11H,4,7-8H2,1-3H3,(H,14,15). The van der Waals surface area contributed by atoms with E-state index in [-0.39, 0.29) is 23.7 Å². The molecule has 5 nitrogen and oxygen atoms in total. The first-order valence-electron chi connectivity index (χ1n) is 6.53. The van der Waals surface area contributed by atoms with E-state index in [9.17, 15) is 4.79 Å². The molecule has 1 aromatic heterocycles. The van der Waals surface area contributed by atoms with Crippen LogP contribution in [-0.4, -0.2) is 28.3 Å². The normalized spacial score (nSPS) is 24.2. The monoisotopic (exact) mass is 251 g/mol. The van der Waals surface area contributed by atoms with Gasteiger partial charge in [0.25, 0.3) is 5.56 Å². The quantitative estimate of drug-likeness (QED) is 0.890. The number of rotatable bonds is 3. The van der Waals surface area contributed by atoms with Crippen LogP contribution in [0.3, 0.4) is 0 Å². The summed E-state index contributed by atoms with van der Waals surface area (Å²) in [6.45, 7) is 6.77. The number of hydrogen-bond acceptors (Lipinski definition) is 4. The molecule has 0 bridgehead atoms. The molecule has 0 aromatic carbocycles. The molecule has 1 N–H and O–H groups in total. The maximum Gasteiger partial charge on any atom is 0.293 e. The van der Waals surface area contributed by atoms with E-state index in [0.29, 0.717) is 5.82 Å². The summed E-state index contributed by atoms with van der Waals surface area (Å²) < 4.78 is 7.19. The Morgan fingerprint density at radius 1 is 1.56 bits per heavy atom. The highest BCUT2D eigenvalue weighted by molar-refractivity contribution is 5.32. The molecule has 1 aliphatic rings. The van der Waals surface area contributed by atoms with Gasteiger partial charge in [0, 0.05) is 31.1 Å². The molecule has 0 spiro atoms. The highest BCUT2D eigenvalue weighted by Crippen LogP contribution is 2.16. The van der Waals surface area contributed by atoms with E-state index in [1.165, 1.54) is 0 Å². The van der Waals surface area contributed by atoms with E-state index < -0.39 is 0 Å². The summed E-state index contributed by atoms with van der Waals surface area (Å²) in [6, 6.07) is 0.423. The molecule has 2 rings (SSSR count). The third-order valence-corrected chi connectivity index (χ3v) is 3.25. The second-order valence-electron chi connectivity index (χ2n) is 5.13. The summed E-state index contributed by atoms with van der Waals surface area (Å²) >= 11 is 0. The first-order valence-corrected chi connectivity index (χ1v) is 6.53. The summed E-state index contributed by atoms with van der Waals surface area (Å²) in [7, 11) is 0. The van der Waals surface area contributed by atoms with Crippen LogP contribution in [0.5, 0.6) is 0 Å². The second-order valence-corrected chi connectivity index (χ2v) is 5.13. The van der Waals surface area contributed by atoms with Gasteiger partial charge in [0.05, 0.1) is 6.10 Å². The van der Waals surface area contributed by atoms with E-state index in [0.717, 1.165) is 19.4 Å². The fourth-order valence-corrected chi connectivity index (χ4v) is 2.25. The van der Waals surface area contributed by atoms with Crippen LogP contribution in [0.1, 0.15) is 39.7 Å². The maximum absolute atomic E-state index is 12.2. The molecule has 0 amide bonds. The van der Waals surface area contributed by atoms with Crippen molar-refractivity contribution in [2.45, 2.75) is 51.8 Å². The Morgan fingerprint density at radius 3 is 3.00 bits per heavy atom. The van der Waals surface area contributed by atoms with Gasteiger partial charge in [0.2, 0.25) is 0 Å². The lowest BCUT2D eigenvalue weighted by Gasteiger charge is -2.28. The smallest absolute Gasteiger partial charge is 0.293 e. The zero-order valence-electron chi connectivity index (χ0n) is 11.2. The second kappa shape index (κ2) is 5.52. The van der Waals surface area contributed by atoms with Crippen LogP contribution in [0, 0.1) is 0 Å². The number of hydrogen-bond donors (Lipinski definition) is 1. The highest BCUT2D eigenvalue weighted by atomic mass is 16.5. The number of aromatic nitrogens is 2. The third kappa shape index (κ3) is 2.90. The van der Waals surface area contributed by atoms with Gasteiger partial charge in [-0.15, -0.1) is 0 Å². The Balaban J connectivity index is 2.14.